The monoisotopic (exact) mass is 268 g/mol. The van der Waals surface area contributed by atoms with Gasteiger partial charge in [-0.15, -0.1) is 4.57 Å². The van der Waals surface area contributed by atoms with Crippen LogP contribution >= 0.6 is 0 Å². The Morgan fingerprint density at radius 2 is 2.25 bits per heavy atom. The number of hydrogen-bond donors (Lipinski definition) is 2. The Balaban J connectivity index is 2.30. The SMILES string of the molecule is Cc1nc(-c2c[nH]c3c2cc(F)c[n+]3C#N)ccc1N. The van der Waals surface area contributed by atoms with Gasteiger partial charge in [-0.05, 0) is 25.1 Å². The molecule has 0 aliphatic heterocycles. The predicted molar refractivity (Wildman–Crippen MR) is 71.8 cm³/mol. The van der Waals surface area contributed by atoms with Gasteiger partial charge in [0.15, 0.2) is 5.82 Å². The molecule has 20 heavy (non-hydrogen) atoms. The van der Waals surface area contributed by atoms with Crippen molar-refractivity contribution in [3.63, 3.8) is 0 Å². The lowest BCUT2D eigenvalue weighted by Crippen LogP contribution is -2.29. The summed E-state index contributed by atoms with van der Waals surface area (Å²) < 4.78 is 14.7. The van der Waals surface area contributed by atoms with Gasteiger partial charge in [-0.2, -0.15) is 0 Å². The van der Waals surface area contributed by atoms with E-state index in [0.29, 0.717) is 28.1 Å². The van der Waals surface area contributed by atoms with Crippen molar-refractivity contribution in [1.29, 1.82) is 5.26 Å². The van der Waals surface area contributed by atoms with E-state index in [9.17, 15) is 4.39 Å². The van der Waals surface area contributed by atoms with E-state index < -0.39 is 5.82 Å². The number of nitriles is 1. The van der Waals surface area contributed by atoms with E-state index in [-0.39, 0.29) is 0 Å². The van der Waals surface area contributed by atoms with Crippen molar-refractivity contribution in [1.82, 2.24) is 9.97 Å². The lowest BCUT2D eigenvalue weighted by atomic mass is 10.1. The van der Waals surface area contributed by atoms with Crippen molar-refractivity contribution in [3.05, 3.63) is 42.1 Å². The van der Waals surface area contributed by atoms with Crippen LogP contribution in [0.3, 0.4) is 0 Å². The van der Waals surface area contributed by atoms with E-state index in [1.807, 2.05) is 13.1 Å². The zero-order valence-corrected chi connectivity index (χ0v) is 10.7. The second-order valence-corrected chi connectivity index (χ2v) is 4.46. The molecule has 6 heteroatoms. The van der Waals surface area contributed by atoms with Crippen LogP contribution in [-0.2, 0) is 0 Å². The first-order chi connectivity index (χ1) is 9.60. The van der Waals surface area contributed by atoms with Crippen LogP contribution in [-0.4, -0.2) is 9.97 Å². The smallest absolute Gasteiger partial charge is 0.375 e. The molecular formula is C14H11FN5+. The number of hydrogen-bond acceptors (Lipinski definition) is 3. The Kier molecular flexibility index (Phi) is 2.61. The van der Waals surface area contributed by atoms with E-state index >= 15 is 0 Å². The van der Waals surface area contributed by atoms with E-state index in [1.54, 1.807) is 18.3 Å². The fourth-order valence-electron chi connectivity index (χ4n) is 2.14. The number of fused-ring (bicyclic) bond motifs is 1. The average Bonchev–Trinajstić information content (AvgIpc) is 2.84. The number of rotatable bonds is 1. The Morgan fingerprint density at radius 1 is 1.45 bits per heavy atom. The van der Waals surface area contributed by atoms with Gasteiger partial charge in [0.25, 0.3) is 0 Å². The number of halogens is 1. The zero-order valence-electron chi connectivity index (χ0n) is 10.7. The Morgan fingerprint density at radius 3 is 2.95 bits per heavy atom. The van der Waals surface area contributed by atoms with Gasteiger partial charge in [-0.1, -0.05) is 0 Å². The van der Waals surface area contributed by atoms with Gasteiger partial charge in [0.2, 0.25) is 5.65 Å². The maximum Gasteiger partial charge on any atom is 0.375 e. The fourth-order valence-corrected chi connectivity index (χ4v) is 2.14. The Bertz CT molecular complexity index is 860. The molecule has 0 spiro atoms. The number of anilines is 1. The number of nitrogens with two attached hydrogens (primary N) is 1. The highest BCUT2D eigenvalue weighted by atomic mass is 19.1. The van der Waals surface area contributed by atoms with E-state index in [0.717, 1.165) is 16.3 Å². The summed E-state index contributed by atoms with van der Waals surface area (Å²) in [7, 11) is 0. The number of aryl methyl sites for hydroxylation is 1. The maximum atomic E-state index is 13.6. The fraction of sp³-hybridized carbons (Fsp3) is 0.0714. The van der Waals surface area contributed by atoms with Gasteiger partial charge in [0, 0.05) is 10.8 Å². The summed E-state index contributed by atoms with van der Waals surface area (Å²) in [6, 6.07) is 4.91. The molecule has 3 rings (SSSR count). The van der Waals surface area contributed by atoms with Crippen LogP contribution in [0.5, 0.6) is 0 Å². The van der Waals surface area contributed by atoms with Crippen LogP contribution in [0.4, 0.5) is 10.1 Å². The molecule has 0 atom stereocenters. The van der Waals surface area contributed by atoms with Crippen LogP contribution in [0.25, 0.3) is 22.3 Å². The number of aromatic amines is 1. The molecule has 0 saturated carbocycles. The molecular weight excluding hydrogens is 257 g/mol. The molecule has 0 aliphatic carbocycles. The van der Waals surface area contributed by atoms with Crippen molar-refractivity contribution in [2.45, 2.75) is 6.92 Å². The molecule has 3 aromatic rings. The number of H-pyrrole nitrogens is 1. The Hall–Kier alpha value is -2.94. The first-order valence-corrected chi connectivity index (χ1v) is 5.96. The first-order valence-electron chi connectivity index (χ1n) is 5.96. The number of pyridine rings is 2. The van der Waals surface area contributed by atoms with E-state index in [2.05, 4.69) is 9.97 Å². The number of aromatic nitrogens is 3. The molecule has 0 unspecified atom stereocenters. The highest BCUT2D eigenvalue weighted by molar-refractivity contribution is 5.91. The molecule has 0 aliphatic rings. The molecule has 3 N–H and O–H groups in total. The van der Waals surface area contributed by atoms with Gasteiger partial charge in [-0.3, -0.25) is 9.97 Å². The largest absolute Gasteiger partial charge is 0.397 e. The minimum atomic E-state index is -0.480. The summed E-state index contributed by atoms with van der Waals surface area (Å²) in [6.07, 6.45) is 4.73. The second kappa shape index (κ2) is 4.31. The molecule has 0 saturated heterocycles. The molecule has 0 radical (unpaired) electrons. The van der Waals surface area contributed by atoms with Crippen LogP contribution in [0.2, 0.25) is 0 Å². The van der Waals surface area contributed by atoms with Crippen LogP contribution in [0.1, 0.15) is 5.69 Å². The van der Waals surface area contributed by atoms with Crippen molar-refractivity contribution in [2.75, 3.05) is 5.73 Å². The quantitative estimate of drug-likeness (QED) is 0.661. The van der Waals surface area contributed by atoms with Gasteiger partial charge in [0.1, 0.15) is 6.20 Å². The van der Waals surface area contributed by atoms with Gasteiger partial charge in [-0.25, -0.2) is 4.39 Å². The molecule has 0 fully saturated rings. The van der Waals surface area contributed by atoms with Crippen molar-refractivity contribution >= 4 is 16.7 Å². The zero-order chi connectivity index (χ0) is 14.3. The molecule has 98 valence electrons. The molecule has 3 heterocycles. The molecule has 5 nitrogen and oxygen atoms in total. The van der Waals surface area contributed by atoms with Crippen molar-refractivity contribution in [3.8, 4) is 17.5 Å². The minimum absolute atomic E-state index is 0.480. The molecule has 0 bridgehead atoms. The second-order valence-electron chi connectivity index (χ2n) is 4.46. The van der Waals surface area contributed by atoms with Crippen LogP contribution in [0.15, 0.2) is 30.6 Å². The maximum absolute atomic E-state index is 13.6. The lowest BCUT2D eigenvalue weighted by Gasteiger charge is -2.02. The standard InChI is InChI=1S/C14H10FN5/c1-8-12(17)2-3-13(19-8)11-5-18-14-10(11)4-9(15)6-20(14)7-16/h2-6H,17H2,1H3/p+1. The third-order valence-corrected chi connectivity index (χ3v) is 3.18. The third-order valence-electron chi connectivity index (χ3n) is 3.18. The first kappa shape index (κ1) is 12.1. The van der Waals surface area contributed by atoms with Crippen LogP contribution < -0.4 is 10.3 Å². The van der Waals surface area contributed by atoms with Gasteiger partial charge in [0.05, 0.1) is 28.7 Å². The minimum Gasteiger partial charge on any atom is -0.397 e. The van der Waals surface area contributed by atoms with Gasteiger partial charge >= 0.3 is 6.19 Å². The molecule has 0 amide bonds. The van der Waals surface area contributed by atoms with E-state index in [1.165, 1.54) is 6.07 Å². The summed E-state index contributed by atoms with van der Waals surface area (Å²) in [4.78, 5) is 7.36. The highest BCUT2D eigenvalue weighted by Crippen LogP contribution is 2.27. The number of nitrogen functional groups attached to an aromatic ring is 1. The number of nitrogens with zero attached hydrogens (tertiary/aromatic N) is 3. The van der Waals surface area contributed by atoms with E-state index in [4.69, 9.17) is 11.0 Å². The van der Waals surface area contributed by atoms with Gasteiger partial charge < -0.3 is 5.73 Å². The predicted octanol–water partition coefficient (Wildman–Crippen LogP) is 1.88. The molecule has 3 aromatic heterocycles. The third kappa shape index (κ3) is 1.77. The average molecular weight is 268 g/mol. The normalized spacial score (nSPS) is 10.7. The summed E-state index contributed by atoms with van der Waals surface area (Å²) >= 11 is 0. The Labute approximate surface area is 114 Å². The van der Waals surface area contributed by atoms with Crippen molar-refractivity contribution < 1.29 is 8.96 Å². The summed E-state index contributed by atoms with van der Waals surface area (Å²) in [5, 5.41) is 9.61. The van der Waals surface area contributed by atoms with Crippen LogP contribution in [0, 0.1) is 24.2 Å². The summed E-state index contributed by atoms with van der Waals surface area (Å²) in [6.45, 7) is 1.81. The molecule has 0 aromatic carbocycles. The topological polar surface area (TPSA) is 82.4 Å². The number of nitrogens with one attached hydrogen (secondary N) is 1. The van der Waals surface area contributed by atoms with Crippen molar-refractivity contribution in [2.24, 2.45) is 0 Å². The summed E-state index contributed by atoms with van der Waals surface area (Å²) in [5.74, 6) is -0.480. The highest BCUT2D eigenvalue weighted by Gasteiger charge is 2.16. The lowest BCUT2D eigenvalue weighted by molar-refractivity contribution is -0.561. The summed E-state index contributed by atoms with van der Waals surface area (Å²) in [5.41, 5.74) is 9.00.